The number of rotatable bonds is 16. The van der Waals surface area contributed by atoms with Gasteiger partial charge in [0.05, 0.1) is 11.5 Å². The number of esters is 1. The summed E-state index contributed by atoms with van der Waals surface area (Å²) < 4.78 is 96.9. The first kappa shape index (κ1) is 33.4. The van der Waals surface area contributed by atoms with Crippen molar-refractivity contribution in [2.45, 2.75) is 42.3 Å². The molecule has 1 rings (SSSR count). The van der Waals surface area contributed by atoms with Crippen LogP contribution in [0.5, 0.6) is 0 Å². The Bertz CT molecular complexity index is 1260. The van der Waals surface area contributed by atoms with Crippen molar-refractivity contribution in [3.05, 3.63) is 22.4 Å². The van der Waals surface area contributed by atoms with Crippen molar-refractivity contribution in [2.24, 2.45) is 11.7 Å². The number of sulfone groups is 2. The van der Waals surface area contributed by atoms with Crippen LogP contribution in [0.1, 0.15) is 25.3 Å². The van der Waals surface area contributed by atoms with Crippen molar-refractivity contribution >= 4 is 64.3 Å². The quantitative estimate of drug-likeness (QED) is 0.117. The molecule has 0 aliphatic heterocycles. The maximum atomic E-state index is 13.1. The van der Waals surface area contributed by atoms with Gasteiger partial charge in [-0.25, -0.2) is 38.5 Å². The fourth-order valence-electron chi connectivity index (χ4n) is 3.33. The number of nitrogens with two attached hydrogens (primary N) is 1. The van der Waals surface area contributed by atoms with Gasteiger partial charge >= 0.3 is 5.97 Å². The molecule has 0 radical (unpaired) electrons. The van der Waals surface area contributed by atoms with Gasteiger partial charge in [0.15, 0.2) is 35.3 Å². The average Bonchev–Trinajstić information content (AvgIpc) is 3.25. The van der Waals surface area contributed by atoms with Crippen LogP contribution in [0, 0.1) is 5.92 Å². The Labute approximate surface area is 223 Å². The van der Waals surface area contributed by atoms with Gasteiger partial charge in [0, 0.05) is 24.5 Å². The van der Waals surface area contributed by atoms with E-state index in [4.69, 9.17) is 10.5 Å². The molecule has 37 heavy (non-hydrogen) atoms. The molecular weight excluding hydrogens is 593 g/mol. The molecule has 0 aliphatic carbocycles. The van der Waals surface area contributed by atoms with Crippen LogP contribution < -0.4 is 11.1 Å². The predicted molar refractivity (Wildman–Crippen MR) is 140 cm³/mol. The van der Waals surface area contributed by atoms with Gasteiger partial charge in [-0.05, 0) is 48.6 Å². The molecule has 0 spiro atoms. The number of thiophene rings is 1. The monoisotopic (exact) mass is 624 g/mol. The molecule has 1 amide bonds. The summed E-state index contributed by atoms with van der Waals surface area (Å²) in [5.41, 5.74) is 6.53. The van der Waals surface area contributed by atoms with Gasteiger partial charge in [0.2, 0.25) is 5.91 Å². The smallest absolute Gasteiger partial charge is 0.328 e. The minimum atomic E-state index is -3.79. The number of nitrogens with one attached hydrogen (secondary N) is 1. The Morgan fingerprint density at radius 3 is 2.11 bits per heavy atom. The molecule has 0 fully saturated rings. The first-order chi connectivity index (χ1) is 16.9. The van der Waals surface area contributed by atoms with E-state index in [0.29, 0.717) is 5.56 Å². The summed E-state index contributed by atoms with van der Waals surface area (Å²) in [6, 6.07) is -1.28. The summed E-state index contributed by atoms with van der Waals surface area (Å²) in [4.78, 5) is 25.3. The molecule has 0 aliphatic rings. The first-order valence-corrected chi connectivity index (χ1v) is 18.2. The van der Waals surface area contributed by atoms with Crippen LogP contribution in [0.25, 0.3) is 0 Å². The van der Waals surface area contributed by atoms with Crippen LogP contribution in [0.2, 0.25) is 0 Å². The minimum Gasteiger partial charge on any atom is -0.463 e. The van der Waals surface area contributed by atoms with Crippen molar-refractivity contribution in [3.8, 4) is 0 Å². The number of hydrogen-bond donors (Lipinski definition) is 4. The lowest BCUT2D eigenvalue weighted by atomic mass is 9.91. The Hall–Kier alpha value is -1.60. The fraction of sp³-hybridized carbons (Fsp3) is 0.684. The van der Waals surface area contributed by atoms with E-state index in [2.05, 4.69) is 5.32 Å². The van der Waals surface area contributed by atoms with Gasteiger partial charge in [-0.2, -0.15) is 11.3 Å². The molecule has 3 unspecified atom stereocenters. The van der Waals surface area contributed by atoms with E-state index in [-0.39, 0.29) is 6.42 Å². The molecule has 214 valence electrons. The highest BCUT2D eigenvalue weighted by atomic mass is 32.2. The topological polar surface area (TPSA) is 218 Å². The third-order valence-corrected chi connectivity index (χ3v) is 11.3. The summed E-state index contributed by atoms with van der Waals surface area (Å²) >= 11 is 1.29. The van der Waals surface area contributed by atoms with Crippen LogP contribution in [0.15, 0.2) is 16.8 Å². The lowest BCUT2D eigenvalue weighted by Crippen LogP contribution is -2.54. The second-order valence-corrected chi connectivity index (χ2v) is 17.0. The summed E-state index contributed by atoms with van der Waals surface area (Å²) in [6.07, 6.45) is 0.473. The second-order valence-electron chi connectivity index (χ2n) is 8.68. The Balaban J connectivity index is 3.24. The highest BCUT2D eigenvalue weighted by Gasteiger charge is 2.47. The predicted octanol–water partition coefficient (Wildman–Crippen LogP) is -1.93. The highest BCUT2D eigenvalue weighted by molar-refractivity contribution is 7.93. The zero-order valence-corrected chi connectivity index (χ0v) is 24.6. The number of carbonyl (C=O) groups is 2. The first-order valence-electron chi connectivity index (χ1n) is 10.8. The van der Waals surface area contributed by atoms with Crippen molar-refractivity contribution in [1.82, 2.24) is 5.32 Å². The largest absolute Gasteiger partial charge is 0.463 e. The standard InChI is InChI=1S/C19H32N2O11S5/c1-13(18(23)32-6-9-37(3,30)31)21-17(22)15(10-14-4-7-33-12-14)11-19(34(24)25,35(26)27)16(20)5-8-36(2,28)29/h4,7,12-13,15-16,34-35H,5-6,8-11,20H2,1-3H3,(H,21,22). The van der Waals surface area contributed by atoms with Gasteiger partial charge < -0.3 is 15.8 Å². The van der Waals surface area contributed by atoms with Crippen LogP contribution in [0.3, 0.4) is 0 Å². The molecule has 0 bridgehead atoms. The maximum Gasteiger partial charge on any atom is 0.328 e. The number of thiol groups is 2. The Morgan fingerprint density at radius 1 is 1.08 bits per heavy atom. The van der Waals surface area contributed by atoms with E-state index >= 15 is 0 Å². The van der Waals surface area contributed by atoms with Crippen LogP contribution in [-0.2, 0) is 61.8 Å². The van der Waals surface area contributed by atoms with Crippen molar-refractivity contribution in [3.63, 3.8) is 0 Å². The maximum absolute atomic E-state index is 13.1. The van der Waals surface area contributed by atoms with Crippen molar-refractivity contribution < 1.29 is 48.0 Å². The SMILES string of the molecule is CC(NC(=O)C(Cc1ccsc1)CC(C(N)CCS(C)(=O)=O)([SH](=O)=O)[SH](=O)=O)C(=O)OCCS(C)(=O)=O. The van der Waals surface area contributed by atoms with E-state index in [1.54, 1.807) is 16.8 Å². The van der Waals surface area contributed by atoms with E-state index in [0.717, 1.165) is 12.5 Å². The third-order valence-electron chi connectivity index (χ3n) is 5.42. The molecule has 1 aromatic rings. The molecule has 13 nitrogen and oxygen atoms in total. The van der Waals surface area contributed by atoms with Crippen LogP contribution in [-0.4, -0.2) is 92.3 Å². The van der Waals surface area contributed by atoms with Gasteiger partial charge in [0.1, 0.15) is 22.5 Å². The highest BCUT2D eigenvalue weighted by Crippen LogP contribution is 2.30. The van der Waals surface area contributed by atoms with E-state index in [1.165, 1.54) is 18.3 Å². The van der Waals surface area contributed by atoms with E-state index < -0.39 is 106 Å². The number of amides is 1. The summed E-state index contributed by atoms with van der Waals surface area (Å²) in [7, 11) is -14.6. The van der Waals surface area contributed by atoms with Gasteiger partial charge in [0.25, 0.3) is 0 Å². The zero-order chi connectivity index (χ0) is 28.6. The van der Waals surface area contributed by atoms with Crippen molar-refractivity contribution in [1.29, 1.82) is 0 Å². The Kier molecular flexibility index (Phi) is 12.6. The fourth-order valence-corrected chi connectivity index (χ4v) is 7.15. The normalized spacial score (nSPS) is 15.3. The lowest BCUT2D eigenvalue weighted by Gasteiger charge is -2.32. The number of carbonyl (C=O) groups excluding carboxylic acids is 2. The van der Waals surface area contributed by atoms with Crippen LogP contribution in [0.4, 0.5) is 0 Å². The lowest BCUT2D eigenvalue weighted by molar-refractivity contribution is -0.147. The van der Waals surface area contributed by atoms with Gasteiger partial charge in [-0.3, -0.25) is 4.79 Å². The molecule has 1 aromatic heterocycles. The molecule has 3 atom stereocenters. The van der Waals surface area contributed by atoms with E-state index in [1.807, 2.05) is 0 Å². The van der Waals surface area contributed by atoms with Crippen molar-refractivity contribution in [2.75, 3.05) is 30.6 Å². The summed E-state index contributed by atoms with van der Waals surface area (Å²) in [5, 5.41) is 5.71. The molecular formula is C19H32N2O11S5. The van der Waals surface area contributed by atoms with E-state index in [9.17, 15) is 43.3 Å². The second kappa shape index (κ2) is 14.0. The molecule has 0 saturated heterocycles. The molecule has 0 saturated carbocycles. The Morgan fingerprint density at radius 2 is 1.65 bits per heavy atom. The zero-order valence-electron chi connectivity index (χ0n) is 20.4. The molecule has 1 heterocycles. The molecule has 0 aromatic carbocycles. The number of ether oxygens (including phenoxy) is 1. The average molecular weight is 625 g/mol. The molecule has 18 heteroatoms. The van der Waals surface area contributed by atoms with Crippen LogP contribution >= 0.6 is 11.3 Å². The summed E-state index contributed by atoms with van der Waals surface area (Å²) in [5.74, 6) is -4.12. The molecule has 3 N–H and O–H groups in total. The van der Waals surface area contributed by atoms with Gasteiger partial charge in [-0.15, -0.1) is 0 Å². The minimum absolute atomic E-state index is 0.0991. The van der Waals surface area contributed by atoms with Gasteiger partial charge in [-0.1, -0.05) is 0 Å². The summed E-state index contributed by atoms with van der Waals surface area (Å²) in [6.45, 7) is 0.817. The third kappa shape index (κ3) is 11.0. The number of hydrogen-bond acceptors (Lipinski definition) is 13.